The van der Waals surface area contributed by atoms with Crippen LogP contribution < -0.4 is 10.5 Å². The number of benzene rings is 2. The molecule has 0 spiro atoms. The van der Waals surface area contributed by atoms with Crippen LogP contribution in [0.25, 0.3) is 0 Å². The molecule has 1 unspecified atom stereocenters. The van der Waals surface area contributed by atoms with E-state index in [0.717, 1.165) is 11.3 Å². The first kappa shape index (κ1) is 13.4. The number of phenolic OH excluding ortho intramolecular Hbond substituents is 1. The van der Waals surface area contributed by atoms with Crippen LogP contribution in [0.3, 0.4) is 0 Å². The molecule has 0 aliphatic carbocycles. The number of aromatic hydroxyl groups is 1. The van der Waals surface area contributed by atoms with Crippen molar-refractivity contribution >= 4 is 0 Å². The van der Waals surface area contributed by atoms with Crippen LogP contribution in [-0.4, -0.2) is 18.3 Å². The number of aryl methyl sites for hydroxylation is 1. The number of phenols is 1. The number of hydrogen-bond donors (Lipinski definition) is 2. The van der Waals surface area contributed by atoms with Gasteiger partial charge in [-0.25, -0.2) is 0 Å². The smallest absolute Gasteiger partial charge is 0.119 e. The van der Waals surface area contributed by atoms with E-state index >= 15 is 0 Å². The van der Waals surface area contributed by atoms with Gasteiger partial charge in [0.1, 0.15) is 11.5 Å². The summed E-state index contributed by atoms with van der Waals surface area (Å²) in [5, 5.41) is 9.83. The third-order valence-electron chi connectivity index (χ3n) is 3.13. The van der Waals surface area contributed by atoms with Gasteiger partial charge < -0.3 is 15.6 Å². The molecule has 0 amide bonds. The minimum Gasteiger partial charge on any atom is -0.508 e. The van der Waals surface area contributed by atoms with Gasteiger partial charge in [0.2, 0.25) is 0 Å². The van der Waals surface area contributed by atoms with Crippen LogP contribution in [-0.2, 0) is 0 Å². The Kier molecular flexibility index (Phi) is 4.42. The first-order valence-corrected chi connectivity index (χ1v) is 6.38. The topological polar surface area (TPSA) is 55.5 Å². The maximum absolute atomic E-state index is 9.83. The van der Waals surface area contributed by atoms with Crippen molar-refractivity contribution in [3.8, 4) is 11.5 Å². The normalized spacial score (nSPS) is 12.1. The minimum atomic E-state index is -0.0116. The van der Waals surface area contributed by atoms with Crippen LogP contribution in [0, 0.1) is 6.92 Å². The Bertz CT molecular complexity index is 523. The molecule has 0 aliphatic rings. The van der Waals surface area contributed by atoms with E-state index in [1.54, 1.807) is 12.1 Å². The highest BCUT2D eigenvalue weighted by molar-refractivity contribution is 5.35. The SMILES string of the molecule is Cc1ccc(OCC(CN)c2ccccc2O)cc1. The molecule has 1 atom stereocenters. The van der Waals surface area contributed by atoms with E-state index in [9.17, 15) is 5.11 Å². The molecule has 0 aliphatic heterocycles. The Hall–Kier alpha value is -2.00. The average Bonchev–Trinajstić information content (AvgIpc) is 2.43. The van der Waals surface area contributed by atoms with E-state index in [1.807, 2.05) is 43.3 Å². The fraction of sp³-hybridized carbons (Fsp3) is 0.250. The number of ether oxygens (including phenoxy) is 1. The maximum atomic E-state index is 9.83. The largest absolute Gasteiger partial charge is 0.508 e. The van der Waals surface area contributed by atoms with Gasteiger partial charge in [-0.1, -0.05) is 35.9 Å². The fourth-order valence-corrected chi connectivity index (χ4v) is 1.95. The zero-order valence-corrected chi connectivity index (χ0v) is 11.0. The molecule has 0 heterocycles. The molecular weight excluding hydrogens is 238 g/mol. The third-order valence-corrected chi connectivity index (χ3v) is 3.13. The van der Waals surface area contributed by atoms with Gasteiger partial charge >= 0.3 is 0 Å². The molecule has 2 aromatic rings. The summed E-state index contributed by atoms with van der Waals surface area (Å²) in [5.74, 6) is 1.08. The minimum absolute atomic E-state index is 0.0116. The number of rotatable bonds is 5. The highest BCUT2D eigenvalue weighted by Crippen LogP contribution is 2.25. The molecule has 0 aromatic heterocycles. The molecule has 3 N–H and O–H groups in total. The second kappa shape index (κ2) is 6.25. The van der Waals surface area contributed by atoms with Crippen molar-refractivity contribution < 1.29 is 9.84 Å². The van der Waals surface area contributed by atoms with E-state index in [4.69, 9.17) is 10.5 Å². The Balaban J connectivity index is 2.04. The van der Waals surface area contributed by atoms with Crippen LogP contribution in [0.1, 0.15) is 17.0 Å². The summed E-state index contributed by atoms with van der Waals surface area (Å²) in [6.45, 7) is 2.93. The van der Waals surface area contributed by atoms with Gasteiger partial charge in [0.15, 0.2) is 0 Å². The molecule has 0 saturated heterocycles. The molecule has 2 rings (SSSR count). The van der Waals surface area contributed by atoms with E-state index < -0.39 is 0 Å². The monoisotopic (exact) mass is 257 g/mol. The van der Waals surface area contributed by atoms with Crippen LogP contribution in [0.5, 0.6) is 11.5 Å². The quantitative estimate of drug-likeness (QED) is 0.866. The molecule has 0 saturated carbocycles. The number of hydrogen-bond acceptors (Lipinski definition) is 3. The average molecular weight is 257 g/mol. The third kappa shape index (κ3) is 3.48. The summed E-state index contributed by atoms with van der Waals surface area (Å²) in [5.41, 5.74) is 7.80. The lowest BCUT2D eigenvalue weighted by molar-refractivity contribution is 0.287. The van der Waals surface area contributed by atoms with Crippen molar-refractivity contribution in [1.82, 2.24) is 0 Å². The fourth-order valence-electron chi connectivity index (χ4n) is 1.95. The highest BCUT2D eigenvalue weighted by Gasteiger charge is 2.14. The zero-order chi connectivity index (χ0) is 13.7. The van der Waals surface area contributed by atoms with E-state index in [0.29, 0.717) is 13.2 Å². The van der Waals surface area contributed by atoms with Gasteiger partial charge in [-0.05, 0) is 25.1 Å². The number of para-hydroxylation sites is 1. The Morgan fingerprint density at radius 3 is 2.42 bits per heavy atom. The summed E-state index contributed by atoms with van der Waals surface area (Å²) in [6.07, 6.45) is 0. The van der Waals surface area contributed by atoms with E-state index in [-0.39, 0.29) is 11.7 Å². The summed E-state index contributed by atoms with van der Waals surface area (Å²) in [7, 11) is 0. The number of nitrogens with two attached hydrogens (primary N) is 1. The van der Waals surface area contributed by atoms with Gasteiger partial charge in [-0.3, -0.25) is 0 Å². The Morgan fingerprint density at radius 1 is 1.11 bits per heavy atom. The lowest BCUT2D eigenvalue weighted by Crippen LogP contribution is -2.19. The second-order valence-electron chi connectivity index (χ2n) is 4.62. The van der Waals surface area contributed by atoms with Crippen molar-refractivity contribution in [2.24, 2.45) is 5.73 Å². The summed E-state index contributed by atoms with van der Waals surface area (Å²) >= 11 is 0. The van der Waals surface area contributed by atoms with Gasteiger partial charge in [0.05, 0.1) is 6.61 Å². The zero-order valence-electron chi connectivity index (χ0n) is 11.0. The van der Waals surface area contributed by atoms with E-state index in [2.05, 4.69) is 0 Å². The molecule has 0 radical (unpaired) electrons. The molecule has 2 aromatic carbocycles. The van der Waals surface area contributed by atoms with Crippen molar-refractivity contribution in [1.29, 1.82) is 0 Å². The Labute approximate surface area is 113 Å². The molecule has 0 bridgehead atoms. The van der Waals surface area contributed by atoms with E-state index in [1.165, 1.54) is 5.56 Å². The van der Waals surface area contributed by atoms with Crippen LogP contribution >= 0.6 is 0 Å². The first-order chi connectivity index (χ1) is 9.20. The van der Waals surface area contributed by atoms with Gasteiger partial charge in [0, 0.05) is 18.0 Å². The lowest BCUT2D eigenvalue weighted by Gasteiger charge is -2.17. The Morgan fingerprint density at radius 2 is 1.79 bits per heavy atom. The first-order valence-electron chi connectivity index (χ1n) is 6.38. The summed E-state index contributed by atoms with van der Waals surface area (Å²) in [4.78, 5) is 0. The maximum Gasteiger partial charge on any atom is 0.119 e. The van der Waals surface area contributed by atoms with Crippen molar-refractivity contribution in [3.63, 3.8) is 0 Å². The van der Waals surface area contributed by atoms with Crippen LogP contribution in [0.15, 0.2) is 48.5 Å². The highest BCUT2D eigenvalue weighted by atomic mass is 16.5. The van der Waals surface area contributed by atoms with Crippen molar-refractivity contribution in [3.05, 3.63) is 59.7 Å². The van der Waals surface area contributed by atoms with Gasteiger partial charge in [-0.2, -0.15) is 0 Å². The van der Waals surface area contributed by atoms with Crippen LogP contribution in [0.2, 0.25) is 0 Å². The molecule has 0 fully saturated rings. The van der Waals surface area contributed by atoms with Crippen molar-refractivity contribution in [2.45, 2.75) is 12.8 Å². The summed E-state index contributed by atoms with van der Waals surface area (Å²) < 4.78 is 5.73. The van der Waals surface area contributed by atoms with Crippen LogP contribution in [0.4, 0.5) is 0 Å². The molecule has 3 nitrogen and oxygen atoms in total. The van der Waals surface area contributed by atoms with Crippen molar-refractivity contribution in [2.75, 3.05) is 13.2 Å². The standard InChI is InChI=1S/C16H19NO2/c1-12-6-8-14(9-7-12)19-11-13(10-17)15-4-2-3-5-16(15)18/h2-9,13,18H,10-11,17H2,1H3. The van der Waals surface area contributed by atoms with Gasteiger partial charge in [0.25, 0.3) is 0 Å². The lowest BCUT2D eigenvalue weighted by atomic mass is 9.99. The predicted molar refractivity (Wildman–Crippen MR) is 76.6 cm³/mol. The predicted octanol–water partition coefficient (Wildman–Crippen LogP) is 2.82. The second-order valence-corrected chi connectivity index (χ2v) is 4.62. The molecule has 3 heteroatoms. The molecule has 100 valence electrons. The molecular formula is C16H19NO2. The molecule has 19 heavy (non-hydrogen) atoms. The summed E-state index contributed by atoms with van der Waals surface area (Å²) in [6, 6.07) is 15.1. The van der Waals surface area contributed by atoms with Gasteiger partial charge in [-0.15, -0.1) is 0 Å².